The van der Waals surface area contributed by atoms with Crippen molar-refractivity contribution in [3.8, 4) is 0 Å². The first kappa shape index (κ1) is 9.73. The maximum absolute atomic E-state index is 11.2. The SMILES string of the molecule is COC(=O)c1ccc2cc(CN)oc2c1. The Morgan fingerprint density at radius 3 is 2.93 bits per heavy atom. The Morgan fingerprint density at radius 1 is 1.47 bits per heavy atom. The quantitative estimate of drug-likeness (QED) is 0.757. The fraction of sp³-hybridized carbons (Fsp3) is 0.182. The summed E-state index contributed by atoms with van der Waals surface area (Å²) < 4.78 is 10.0. The summed E-state index contributed by atoms with van der Waals surface area (Å²) in [6, 6.07) is 7.02. The van der Waals surface area contributed by atoms with Crippen molar-refractivity contribution < 1.29 is 13.9 Å². The van der Waals surface area contributed by atoms with E-state index in [1.54, 1.807) is 12.1 Å². The minimum atomic E-state index is -0.373. The Balaban J connectivity index is 2.50. The lowest BCUT2D eigenvalue weighted by Gasteiger charge is -1.97. The second-order valence-corrected chi connectivity index (χ2v) is 3.16. The number of ether oxygens (including phenoxy) is 1. The second-order valence-electron chi connectivity index (χ2n) is 3.16. The summed E-state index contributed by atoms with van der Waals surface area (Å²) in [5, 5.41) is 0.933. The van der Waals surface area contributed by atoms with Gasteiger partial charge in [0.15, 0.2) is 0 Å². The van der Waals surface area contributed by atoms with Crippen LogP contribution in [0.3, 0.4) is 0 Å². The summed E-state index contributed by atoms with van der Waals surface area (Å²) in [5.41, 5.74) is 6.58. The van der Waals surface area contributed by atoms with Gasteiger partial charge >= 0.3 is 5.97 Å². The van der Waals surface area contributed by atoms with Gasteiger partial charge in [0.25, 0.3) is 0 Å². The molecule has 0 aliphatic heterocycles. The minimum Gasteiger partial charge on any atom is -0.465 e. The van der Waals surface area contributed by atoms with Gasteiger partial charge in [-0.25, -0.2) is 4.79 Å². The Morgan fingerprint density at radius 2 is 2.27 bits per heavy atom. The van der Waals surface area contributed by atoms with Crippen molar-refractivity contribution in [2.45, 2.75) is 6.54 Å². The number of carbonyl (C=O) groups excluding carboxylic acids is 1. The van der Waals surface area contributed by atoms with Crippen LogP contribution in [-0.4, -0.2) is 13.1 Å². The third kappa shape index (κ3) is 1.71. The highest BCUT2D eigenvalue weighted by atomic mass is 16.5. The molecule has 0 radical (unpaired) electrons. The highest BCUT2D eigenvalue weighted by molar-refractivity contribution is 5.93. The summed E-state index contributed by atoms with van der Waals surface area (Å²) in [7, 11) is 1.35. The van der Waals surface area contributed by atoms with Gasteiger partial charge in [-0.2, -0.15) is 0 Å². The van der Waals surface area contributed by atoms with Crippen LogP contribution in [0.1, 0.15) is 16.1 Å². The average Bonchev–Trinajstić information content (AvgIpc) is 2.69. The van der Waals surface area contributed by atoms with E-state index in [4.69, 9.17) is 10.2 Å². The van der Waals surface area contributed by atoms with Gasteiger partial charge in [-0.15, -0.1) is 0 Å². The molecular weight excluding hydrogens is 194 g/mol. The first-order chi connectivity index (χ1) is 7.24. The molecule has 0 fully saturated rings. The Bertz CT molecular complexity index is 502. The van der Waals surface area contributed by atoms with E-state index in [0.29, 0.717) is 23.5 Å². The van der Waals surface area contributed by atoms with E-state index < -0.39 is 0 Å². The van der Waals surface area contributed by atoms with Crippen LogP contribution in [0, 0.1) is 0 Å². The molecule has 0 aliphatic rings. The predicted molar refractivity (Wildman–Crippen MR) is 55.4 cm³/mol. The normalized spacial score (nSPS) is 10.5. The number of fused-ring (bicyclic) bond motifs is 1. The molecule has 2 N–H and O–H groups in total. The smallest absolute Gasteiger partial charge is 0.337 e. The van der Waals surface area contributed by atoms with E-state index in [1.165, 1.54) is 7.11 Å². The number of hydrogen-bond acceptors (Lipinski definition) is 4. The highest BCUT2D eigenvalue weighted by Gasteiger charge is 2.08. The predicted octanol–water partition coefficient (Wildman–Crippen LogP) is 1.68. The third-order valence-corrected chi connectivity index (χ3v) is 2.19. The molecule has 78 valence electrons. The minimum absolute atomic E-state index is 0.349. The fourth-order valence-electron chi connectivity index (χ4n) is 1.43. The summed E-state index contributed by atoms with van der Waals surface area (Å²) in [5.74, 6) is 0.328. The lowest BCUT2D eigenvalue weighted by molar-refractivity contribution is 0.0601. The van der Waals surface area contributed by atoms with Crippen LogP contribution in [0.5, 0.6) is 0 Å². The zero-order chi connectivity index (χ0) is 10.8. The van der Waals surface area contributed by atoms with Crippen LogP contribution in [0.4, 0.5) is 0 Å². The van der Waals surface area contributed by atoms with Crippen molar-refractivity contribution in [1.82, 2.24) is 0 Å². The van der Waals surface area contributed by atoms with Crippen molar-refractivity contribution in [3.05, 3.63) is 35.6 Å². The molecule has 0 amide bonds. The van der Waals surface area contributed by atoms with Gasteiger partial charge in [-0.05, 0) is 18.2 Å². The molecule has 0 unspecified atom stereocenters. The van der Waals surface area contributed by atoms with Crippen molar-refractivity contribution in [2.24, 2.45) is 5.73 Å². The molecular formula is C11H11NO3. The number of furan rings is 1. The van der Waals surface area contributed by atoms with Gasteiger partial charge in [0, 0.05) is 5.39 Å². The molecule has 0 spiro atoms. The second kappa shape index (κ2) is 3.74. The molecule has 0 saturated carbocycles. The average molecular weight is 205 g/mol. The van der Waals surface area contributed by atoms with Crippen molar-refractivity contribution in [1.29, 1.82) is 0 Å². The molecule has 2 rings (SSSR count). The van der Waals surface area contributed by atoms with Crippen molar-refractivity contribution in [3.63, 3.8) is 0 Å². The Hall–Kier alpha value is -1.81. The molecule has 4 heteroatoms. The van der Waals surface area contributed by atoms with Crippen LogP contribution in [0.15, 0.2) is 28.7 Å². The monoisotopic (exact) mass is 205 g/mol. The van der Waals surface area contributed by atoms with E-state index in [-0.39, 0.29) is 5.97 Å². The van der Waals surface area contributed by atoms with E-state index in [1.807, 2.05) is 12.1 Å². The number of hydrogen-bond donors (Lipinski definition) is 1. The molecule has 0 aliphatic carbocycles. The van der Waals surface area contributed by atoms with Gasteiger partial charge in [-0.1, -0.05) is 6.07 Å². The maximum atomic E-state index is 11.2. The summed E-state index contributed by atoms with van der Waals surface area (Å²) in [6.07, 6.45) is 0. The standard InChI is InChI=1S/C11H11NO3/c1-14-11(13)8-3-2-7-4-9(6-12)15-10(7)5-8/h2-5H,6,12H2,1H3. The number of nitrogens with two attached hydrogens (primary N) is 1. The maximum Gasteiger partial charge on any atom is 0.337 e. The molecule has 0 atom stereocenters. The van der Waals surface area contributed by atoms with Gasteiger partial charge < -0.3 is 14.9 Å². The summed E-state index contributed by atoms with van der Waals surface area (Å²) >= 11 is 0. The first-order valence-corrected chi connectivity index (χ1v) is 4.55. The van der Waals surface area contributed by atoms with E-state index >= 15 is 0 Å². The van der Waals surface area contributed by atoms with Crippen LogP contribution >= 0.6 is 0 Å². The van der Waals surface area contributed by atoms with Crippen LogP contribution in [-0.2, 0) is 11.3 Å². The van der Waals surface area contributed by atoms with E-state index in [9.17, 15) is 4.79 Å². The first-order valence-electron chi connectivity index (χ1n) is 4.55. The number of esters is 1. The lowest BCUT2D eigenvalue weighted by Crippen LogP contribution is -1.99. The number of rotatable bonds is 2. The van der Waals surface area contributed by atoms with E-state index in [2.05, 4.69) is 4.74 Å². The molecule has 1 aromatic carbocycles. The topological polar surface area (TPSA) is 65.5 Å². The Labute approximate surface area is 86.6 Å². The number of methoxy groups -OCH3 is 1. The summed E-state index contributed by atoms with van der Waals surface area (Å²) in [6.45, 7) is 0.349. The molecule has 1 heterocycles. The molecule has 4 nitrogen and oxygen atoms in total. The molecule has 0 saturated heterocycles. The lowest BCUT2D eigenvalue weighted by atomic mass is 10.2. The fourth-order valence-corrected chi connectivity index (χ4v) is 1.43. The van der Waals surface area contributed by atoms with Gasteiger partial charge in [0.1, 0.15) is 11.3 Å². The molecule has 1 aromatic heterocycles. The molecule has 15 heavy (non-hydrogen) atoms. The number of carbonyl (C=O) groups is 1. The van der Waals surface area contributed by atoms with Crippen molar-refractivity contribution >= 4 is 16.9 Å². The van der Waals surface area contributed by atoms with Gasteiger partial charge in [0.2, 0.25) is 0 Å². The van der Waals surface area contributed by atoms with E-state index in [0.717, 1.165) is 5.39 Å². The van der Waals surface area contributed by atoms with Crippen LogP contribution in [0.2, 0.25) is 0 Å². The van der Waals surface area contributed by atoms with Crippen LogP contribution in [0.25, 0.3) is 11.0 Å². The zero-order valence-electron chi connectivity index (χ0n) is 8.32. The van der Waals surface area contributed by atoms with Gasteiger partial charge in [0.05, 0.1) is 19.2 Å². The zero-order valence-corrected chi connectivity index (χ0v) is 8.32. The van der Waals surface area contributed by atoms with Crippen molar-refractivity contribution in [2.75, 3.05) is 7.11 Å². The number of benzene rings is 1. The highest BCUT2D eigenvalue weighted by Crippen LogP contribution is 2.20. The third-order valence-electron chi connectivity index (χ3n) is 2.19. The Kier molecular flexibility index (Phi) is 2.43. The summed E-state index contributed by atoms with van der Waals surface area (Å²) in [4.78, 5) is 11.2. The largest absolute Gasteiger partial charge is 0.465 e. The van der Waals surface area contributed by atoms with Gasteiger partial charge in [-0.3, -0.25) is 0 Å². The molecule has 0 bridgehead atoms. The van der Waals surface area contributed by atoms with Crippen LogP contribution < -0.4 is 5.73 Å². The molecule has 2 aromatic rings.